The minimum Gasteiger partial charge on any atom is -0.408 e. The van der Waals surface area contributed by atoms with Crippen molar-refractivity contribution >= 4 is 24.1 Å². The van der Waals surface area contributed by atoms with Crippen LogP contribution in [-0.4, -0.2) is 52.5 Å². The molecule has 3 rings (SSSR count). The van der Waals surface area contributed by atoms with E-state index in [4.69, 9.17) is 13.9 Å². The molecular formula is C29H38F3NO6SSi. The van der Waals surface area contributed by atoms with Gasteiger partial charge in [0, 0.05) is 6.92 Å². The lowest BCUT2D eigenvalue weighted by Gasteiger charge is -2.46. The number of carbonyl (C=O) groups excluding carboxylic acids is 1. The van der Waals surface area contributed by atoms with Crippen LogP contribution in [0.25, 0.3) is 0 Å². The van der Waals surface area contributed by atoms with Crippen molar-refractivity contribution in [1.29, 1.82) is 0 Å². The van der Waals surface area contributed by atoms with Crippen LogP contribution < -0.4 is 5.32 Å². The Labute approximate surface area is 241 Å². The highest BCUT2D eigenvalue weighted by atomic mass is 32.2. The Kier molecular flexibility index (Phi) is 10.3. The van der Waals surface area contributed by atoms with Crippen LogP contribution in [0.2, 0.25) is 18.1 Å². The van der Waals surface area contributed by atoms with Gasteiger partial charge in [0.25, 0.3) is 9.84 Å². The molecule has 1 aliphatic rings. The van der Waals surface area contributed by atoms with Gasteiger partial charge in [0.1, 0.15) is 12.2 Å². The number of halogens is 3. The van der Waals surface area contributed by atoms with E-state index in [2.05, 4.69) is 5.32 Å². The lowest BCUT2D eigenvalue weighted by Crippen LogP contribution is -2.62. The minimum absolute atomic E-state index is 0.0705. The molecule has 4 atom stereocenters. The summed E-state index contributed by atoms with van der Waals surface area (Å²) >= 11 is 0. The zero-order valence-corrected chi connectivity index (χ0v) is 25.9. The van der Waals surface area contributed by atoms with Gasteiger partial charge in [-0.3, -0.25) is 4.79 Å². The number of amides is 1. The van der Waals surface area contributed by atoms with Gasteiger partial charge in [-0.2, -0.15) is 13.2 Å². The molecule has 0 saturated carbocycles. The quantitative estimate of drug-likeness (QED) is 0.337. The average Bonchev–Trinajstić information content (AvgIpc) is 2.87. The second-order valence-electron chi connectivity index (χ2n) is 11.6. The highest BCUT2D eigenvalue weighted by Crippen LogP contribution is 2.42. The fourth-order valence-electron chi connectivity index (χ4n) is 4.19. The molecule has 0 unspecified atom stereocenters. The predicted molar refractivity (Wildman–Crippen MR) is 153 cm³/mol. The van der Waals surface area contributed by atoms with E-state index in [1.54, 1.807) is 60.7 Å². The van der Waals surface area contributed by atoms with E-state index >= 15 is 0 Å². The van der Waals surface area contributed by atoms with Crippen molar-refractivity contribution in [3.63, 3.8) is 0 Å². The van der Waals surface area contributed by atoms with Crippen LogP contribution in [0.3, 0.4) is 0 Å². The highest BCUT2D eigenvalue weighted by molar-refractivity contribution is 7.96. The molecule has 2 aromatic carbocycles. The third-order valence-electron chi connectivity index (χ3n) is 7.39. The number of hydrogen-bond acceptors (Lipinski definition) is 6. The summed E-state index contributed by atoms with van der Waals surface area (Å²) < 4.78 is 86.8. The van der Waals surface area contributed by atoms with Crippen LogP contribution in [0.4, 0.5) is 13.2 Å². The second kappa shape index (κ2) is 12.8. The van der Waals surface area contributed by atoms with Crippen LogP contribution in [0.1, 0.15) is 38.8 Å². The SMILES string of the molecule is CC(=O)N[C@@H]1[C@@H](OCc2ccccc2)[C@H](OCc2ccccc2)C(S(=O)(=O)C(F)(F)F)=C[C@@H]1O[Si](C)(C)C(C)(C)C. The van der Waals surface area contributed by atoms with Crippen molar-refractivity contribution in [1.82, 2.24) is 5.32 Å². The molecule has 1 aliphatic carbocycles. The first-order chi connectivity index (χ1) is 18.9. The number of benzene rings is 2. The van der Waals surface area contributed by atoms with Gasteiger partial charge in [-0.15, -0.1) is 0 Å². The topological polar surface area (TPSA) is 90.9 Å². The number of ether oxygens (including phenoxy) is 2. The molecule has 7 nitrogen and oxygen atoms in total. The van der Waals surface area contributed by atoms with Gasteiger partial charge in [0.15, 0.2) is 8.32 Å². The average molecular weight is 614 g/mol. The fourth-order valence-corrected chi connectivity index (χ4v) is 6.53. The Balaban J connectivity index is 2.19. The van der Waals surface area contributed by atoms with Crippen LogP contribution >= 0.6 is 0 Å². The van der Waals surface area contributed by atoms with Gasteiger partial charge in [-0.05, 0) is 35.3 Å². The first kappa shape index (κ1) is 33.0. The third kappa shape index (κ3) is 8.07. The highest BCUT2D eigenvalue weighted by Gasteiger charge is 2.56. The lowest BCUT2D eigenvalue weighted by molar-refractivity contribution is -0.128. The molecular weight excluding hydrogens is 575 g/mol. The Morgan fingerprint density at radius 3 is 1.83 bits per heavy atom. The molecule has 0 spiro atoms. The van der Waals surface area contributed by atoms with Gasteiger partial charge in [0.05, 0.1) is 30.3 Å². The normalized spacial score (nSPS) is 22.2. The zero-order chi connectivity index (χ0) is 30.6. The van der Waals surface area contributed by atoms with E-state index in [0.717, 1.165) is 6.08 Å². The van der Waals surface area contributed by atoms with Gasteiger partial charge < -0.3 is 19.2 Å². The Morgan fingerprint density at radius 1 is 0.902 bits per heavy atom. The Hall–Kier alpha value is -2.51. The van der Waals surface area contributed by atoms with Crippen LogP contribution in [-0.2, 0) is 41.7 Å². The zero-order valence-electron chi connectivity index (χ0n) is 24.1. The maximum Gasteiger partial charge on any atom is 0.501 e. The summed E-state index contributed by atoms with van der Waals surface area (Å²) in [5, 5.41) is 2.39. The van der Waals surface area contributed by atoms with Crippen molar-refractivity contribution < 1.29 is 40.3 Å². The lowest BCUT2D eigenvalue weighted by atomic mass is 9.92. The van der Waals surface area contributed by atoms with Crippen LogP contribution in [0.15, 0.2) is 71.6 Å². The number of nitrogens with one attached hydrogen (secondary N) is 1. The molecule has 0 radical (unpaired) electrons. The Bertz CT molecular complexity index is 1310. The standard InChI is InChI=1S/C29H38F3NO6SSi/c1-20(34)33-25-23(39-41(5,6)28(2,3)4)17-24(40(35,36)29(30,31)32)26(37-18-21-13-9-7-10-14-21)27(25)38-19-22-15-11-8-12-16-22/h7-17,23,25-27H,18-19H2,1-6H3,(H,33,34)/t23-,25-,26+,27+/m0/s1. The summed E-state index contributed by atoms with van der Waals surface area (Å²) in [6.07, 6.45) is -3.32. The number of carbonyl (C=O) groups is 1. The maximum absolute atomic E-state index is 14.1. The number of hydrogen-bond donors (Lipinski definition) is 1. The van der Waals surface area contributed by atoms with Gasteiger partial charge in [-0.25, -0.2) is 8.42 Å². The van der Waals surface area contributed by atoms with Gasteiger partial charge in [-0.1, -0.05) is 81.4 Å². The van der Waals surface area contributed by atoms with Crippen LogP contribution in [0.5, 0.6) is 0 Å². The van der Waals surface area contributed by atoms with Crippen molar-refractivity contribution in [2.45, 2.75) is 88.9 Å². The van der Waals surface area contributed by atoms with Crippen molar-refractivity contribution in [3.05, 3.63) is 82.8 Å². The number of sulfone groups is 1. The van der Waals surface area contributed by atoms with Crippen molar-refractivity contribution in [2.24, 2.45) is 0 Å². The molecule has 226 valence electrons. The van der Waals surface area contributed by atoms with Crippen molar-refractivity contribution in [2.75, 3.05) is 0 Å². The smallest absolute Gasteiger partial charge is 0.408 e. The molecule has 12 heteroatoms. The third-order valence-corrected chi connectivity index (χ3v) is 13.5. The first-order valence-electron chi connectivity index (χ1n) is 13.2. The number of alkyl halides is 3. The first-order valence-corrected chi connectivity index (χ1v) is 17.6. The van der Waals surface area contributed by atoms with E-state index in [-0.39, 0.29) is 18.3 Å². The van der Waals surface area contributed by atoms with E-state index in [9.17, 15) is 26.4 Å². The molecule has 0 aromatic heterocycles. The molecule has 1 amide bonds. The molecule has 0 fully saturated rings. The summed E-state index contributed by atoms with van der Waals surface area (Å²) in [4.78, 5) is 11.4. The van der Waals surface area contributed by atoms with Crippen LogP contribution in [0, 0.1) is 0 Å². The molecule has 1 N–H and O–H groups in total. The van der Waals surface area contributed by atoms with Crippen molar-refractivity contribution in [3.8, 4) is 0 Å². The molecule has 2 aromatic rings. The summed E-state index contributed by atoms with van der Waals surface area (Å²) in [6, 6.07) is 16.5. The molecule has 0 bridgehead atoms. The summed E-state index contributed by atoms with van der Waals surface area (Å²) in [7, 11) is -8.56. The molecule has 0 aliphatic heterocycles. The fraction of sp³-hybridized carbons (Fsp3) is 0.483. The second-order valence-corrected chi connectivity index (χ2v) is 18.3. The molecule has 0 saturated heterocycles. The van der Waals surface area contributed by atoms with E-state index in [1.165, 1.54) is 6.92 Å². The predicted octanol–water partition coefficient (Wildman–Crippen LogP) is 5.88. The largest absolute Gasteiger partial charge is 0.501 e. The molecule has 41 heavy (non-hydrogen) atoms. The molecule has 0 heterocycles. The summed E-state index contributed by atoms with van der Waals surface area (Å²) in [6.45, 7) is 10.6. The monoisotopic (exact) mass is 613 g/mol. The summed E-state index contributed by atoms with van der Waals surface area (Å²) in [5.41, 5.74) is -4.28. The maximum atomic E-state index is 14.1. The summed E-state index contributed by atoms with van der Waals surface area (Å²) in [5.74, 6) is -0.482. The van der Waals surface area contributed by atoms with E-state index in [1.807, 2.05) is 33.9 Å². The van der Waals surface area contributed by atoms with E-state index < -0.39 is 58.8 Å². The van der Waals surface area contributed by atoms with Gasteiger partial charge >= 0.3 is 5.51 Å². The Morgan fingerprint density at radius 2 is 1.39 bits per heavy atom. The van der Waals surface area contributed by atoms with Gasteiger partial charge in [0.2, 0.25) is 5.91 Å². The number of rotatable bonds is 10. The van der Waals surface area contributed by atoms with E-state index in [0.29, 0.717) is 11.1 Å². The minimum atomic E-state index is -5.87.